The highest BCUT2D eigenvalue weighted by Gasteiger charge is 2.19. The Labute approximate surface area is 147 Å². The van der Waals surface area contributed by atoms with E-state index >= 15 is 0 Å². The van der Waals surface area contributed by atoms with Gasteiger partial charge in [-0.05, 0) is 31.0 Å². The lowest BCUT2D eigenvalue weighted by Crippen LogP contribution is -2.34. The molecule has 25 heavy (non-hydrogen) atoms. The van der Waals surface area contributed by atoms with Crippen LogP contribution in [0.3, 0.4) is 0 Å². The van der Waals surface area contributed by atoms with Crippen LogP contribution in [0.4, 0.5) is 0 Å². The highest BCUT2D eigenvalue weighted by atomic mass is 16.1. The fourth-order valence-electron chi connectivity index (χ4n) is 3.65. The number of hydrogen-bond acceptors (Lipinski definition) is 2. The number of imidazole rings is 1. The van der Waals surface area contributed by atoms with E-state index in [1.54, 1.807) is 0 Å². The van der Waals surface area contributed by atoms with E-state index in [9.17, 15) is 4.79 Å². The summed E-state index contributed by atoms with van der Waals surface area (Å²) in [5.41, 5.74) is 3.43. The van der Waals surface area contributed by atoms with Crippen LogP contribution in [-0.4, -0.2) is 21.9 Å². The summed E-state index contributed by atoms with van der Waals surface area (Å²) in [6, 6.07) is 15.9. The van der Waals surface area contributed by atoms with Gasteiger partial charge in [-0.2, -0.15) is 0 Å². The first-order valence-electron chi connectivity index (χ1n) is 9.16. The molecule has 0 aliphatic heterocycles. The number of hydrogen-bond donors (Lipinski definition) is 2. The molecule has 1 aliphatic carbocycles. The molecule has 4 nitrogen and oxygen atoms in total. The number of nitrogens with zero attached hydrogens (tertiary/aromatic N) is 1. The summed E-state index contributed by atoms with van der Waals surface area (Å²) >= 11 is 0. The molecule has 2 aromatic carbocycles. The molecule has 1 aromatic heterocycles. The van der Waals surface area contributed by atoms with Gasteiger partial charge in [-0.25, -0.2) is 4.98 Å². The maximum Gasteiger partial charge on any atom is 0.252 e. The van der Waals surface area contributed by atoms with Gasteiger partial charge in [0.15, 0.2) is 0 Å². The Bertz CT molecular complexity index is 842. The molecule has 1 fully saturated rings. The molecule has 0 bridgehead atoms. The summed E-state index contributed by atoms with van der Waals surface area (Å²) in [5, 5.41) is 3.24. The number of aromatic nitrogens is 2. The molecule has 1 amide bonds. The summed E-state index contributed by atoms with van der Waals surface area (Å²) in [5.74, 6) is 0.746. The molecule has 0 radical (unpaired) electrons. The molecule has 4 heteroatoms. The van der Waals surface area contributed by atoms with Crippen molar-refractivity contribution in [2.45, 2.75) is 44.6 Å². The predicted molar refractivity (Wildman–Crippen MR) is 100 cm³/mol. The summed E-state index contributed by atoms with van der Waals surface area (Å²) < 4.78 is 0. The van der Waals surface area contributed by atoms with Gasteiger partial charge in [-0.3, -0.25) is 4.79 Å². The van der Waals surface area contributed by atoms with Crippen LogP contribution in [0.1, 0.15) is 48.9 Å². The molecule has 128 valence electrons. The highest BCUT2D eigenvalue weighted by Crippen LogP contribution is 2.25. The molecule has 1 aliphatic rings. The number of aromatic amines is 1. The Hall–Kier alpha value is -2.62. The third-order valence-corrected chi connectivity index (χ3v) is 5.01. The van der Waals surface area contributed by atoms with Gasteiger partial charge in [0.05, 0.1) is 16.6 Å². The zero-order valence-corrected chi connectivity index (χ0v) is 14.3. The van der Waals surface area contributed by atoms with Crippen molar-refractivity contribution >= 4 is 16.9 Å². The van der Waals surface area contributed by atoms with Crippen LogP contribution in [0.5, 0.6) is 0 Å². The lowest BCUT2D eigenvalue weighted by atomic mass is 10.0. The average molecular weight is 333 g/mol. The standard InChI is InChI=1S/C21H23N3O/c25-21(22-15-9-3-1-2-4-10-15)17-12-6-5-11-16(17)20-23-18-13-7-8-14-19(18)24-20/h5-8,11-15H,1-4,9-10H2,(H,22,25)(H,23,24). The van der Waals surface area contributed by atoms with E-state index in [1.807, 2.05) is 48.5 Å². The highest BCUT2D eigenvalue weighted by molar-refractivity contribution is 6.00. The average Bonchev–Trinajstić information content (AvgIpc) is 2.92. The van der Waals surface area contributed by atoms with Gasteiger partial charge in [-0.15, -0.1) is 0 Å². The van der Waals surface area contributed by atoms with E-state index in [1.165, 1.54) is 25.7 Å². The fourth-order valence-corrected chi connectivity index (χ4v) is 3.65. The van der Waals surface area contributed by atoms with Gasteiger partial charge in [-0.1, -0.05) is 56.0 Å². The van der Waals surface area contributed by atoms with Crippen molar-refractivity contribution in [1.29, 1.82) is 0 Å². The van der Waals surface area contributed by atoms with E-state index in [0.29, 0.717) is 11.6 Å². The minimum atomic E-state index is 0.00274. The Balaban J connectivity index is 1.63. The zero-order chi connectivity index (χ0) is 17.1. The van der Waals surface area contributed by atoms with E-state index in [0.717, 1.165) is 35.3 Å². The van der Waals surface area contributed by atoms with Crippen LogP contribution < -0.4 is 5.32 Å². The lowest BCUT2D eigenvalue weighted by molar-refractivity contribution is 0.0934. The van der Waals surface area contributed by atoms with Crippen molar-refractivity contribution in [1.82, 2.24) is 15.3 Å². The summed E-state index contributed by atoms with van der Waals surface area (Å²) in [4.78, 5) is 20.9. The number of H-pyrrole nitrogens is 1. The minimum absolute atomic E-state index is 0.00274. The van der Waals surface area contributed by atoms with Gasteiger partial charge >= 0.3 is 0 Å². The molecule has 0 spiro atoms. The number of amides is 1. The van der Waals surface area contributed by atoms with Gasteiger partial charge in [0.1, 0.15) is 5.82 Å². The number of carbonyl (C=O) groups excluding carboxylic acids is 1. The van der Waals surface area contributed by atoms with Gasteiger partial charge in [0, 0.05) is 11.6 Å². The molecule has 0 atom stereocenters. The molecule has 1 heterocycles. The van der Waals surface area contributed by atoms with Gasteiger partial charge in [0.2, 0.25) is 0 Å². The van der Waals surface area contributed by atoms with Crippen molar-refractivity contribution in [3.63, 3.8) is 0 Å². The van der Waals surface area contributed by atoms with E-state index in [-0.39, 0.29) is 5.91 Å². The van der Waals surface area contributed by atoms with Crippen LogP contribution in [0, 0.1) is 0 Å². The topological polar surface area (TPSA) is 57.8 Å². The minimum Gasteiger partial charge on any atom is -0.349 e. The molecule has 2 N–H and O–H groups in total. The largest absolute Gasteiger partial charge is 0.349 e. The Morgan fingerprint density at radius 1 is 0.960 bits per heavy atom. The Morgan fingerprint density at radius 3 is 2.48 bits per heavy atom. The smallest absolute Gasteiger partial charge is 0.252 e. The second-order valence-electron chi connectivity index (χ2n) is 6.81. The van der Waals surface area contributed by atoms with Crippen LogP contribution in [0.15, 0.2) is 48.5 Å². The summed E-state index contributed by atoms with van der Waals surface area (Å²) in [6.45, 7) is 0. The van der Waals surface area contributed by atoms with Crippen molar-refractivity contribution in [2.24, 2.45) is 0 Å². The molecule has 0 unspecified atom stereocenters. The third kappa shape index (κ3) is 3.43. The SMILES string of the molecule is O=C(NC1CCCCCC1)c1ccccc1-c1nc2ccccc2[nH]1. The van der Waals surface area contributed by atoms with E-state index in [4.69, 9.17) is 0 Å². The molecule has 3 aromatic rings. The quantitative estimate of drug-likeness (QED) is 0.684. The fraction of sp³-hybridized carbons (Fsp3) is 0.333. The van der Waals surface area contributed by atoms with Crippen LogP contribution in [0.2, 0.25) is 0 Å². The van der Waals surface area contributed by atoms with Crippen molar-refractivity contribution < 1.29 is 4.79 Å². The number of para-hydroxylation sites is 2. The first kappa shape index (κ1) is 15.9. The zero-order valence-electron chi connectivity index (χ0n) is 14.3. The molecule has 0 saturated heterocycles. The maximum atomic E-state index is 12.9. The molecule has 4 rings (SSSR count). The second-order valence-corrected chi connectivity index (χ2v) is 6.81. The van der Waals surface area contributed by atoms with Crippen molar-refractivity contribution in [3.05, 3.63) is 54.1 Å². The van der Waals surface area contributed by atoms with Crippen molar-refractivity contribution in [2.75, 3.05) is 0 Å². The number of fused-ring (bicyclic) bond motifs is 1. The normalized spacial score (nSPS) is 15.8. The van der Waals surface area contributed by atoms with Crippen LogP contribution in [-0.2, 0) is 0 Å². The maximum absolute atomic E-state index is 12.9. The van der Waals surface area contributed by atoms with Gasteiger partial charge < -0.3 is 10.3 Å². The third-order valence-electron chi connectivity index (χ3n) is 5.01. The lowest BCUT2D eigenvalue weighted by Gasteiger charge is -2.17. The van der Waals surface area contributed by atoms with E-state index in [2.05, 4.69) is 15.3 Å². The van der Waals surface area contributed by atoms with Crippen LogP contribution in [0.25, 0.3) is 22.4 Å². The van der Waals surface area contributed by atoms with E-state index < -0.39 is 0 Å². The first-order valence-corrected chi connectivity index (χ1v) is 9.16. The number of carbonyl (C=O) groups is 1. The Kier molecular flexibility index (Phi) is 4.51. The molecule has 1 saturated carbocycles. The molecular weight excluding hydrogens is 310 g/mol. The number of nitrogens with one attached hydrogen (secondary N) is 2. The van der Waals surface area contributed by atoms with Crippen LogP contribution >= 0.6 is 0 Å². The first-order chi connectivity index (χ1) is 12.3. The summed E-state index contributed by atoms with van der Waals surface area (Å²) in [6.07, 6.45) is 7.13. The number of benzene rings is 2. The predicted octanol–water partition coefficient (Wildman–Crippen LogP) is 4.68. The molecular formula is C21H23N3O. The monoisotopic (exact) mass is 333 g/mol. The number of rotatable bonds is 3. The Morgan fingerprint density at radius 2 is 1.68 bits per heavy atom. The summed E-state index contributed by atoms with van der Waals surface area (Å²) in [7, 11) is 0. The van der Waals surface area contributed by atoms with Gasteiger partial charge in [0.25, 0.3) is 5.91 Å². The van der Waals surface area contributed by atoms with Crippen molar-refractivity contribution in [3.8, 4) is 11.4 Å². The second kappa shape index (κ2) is 7.09.